The molecule has 0 aromatic rings. The van der Waals surface area contributed by atoms with Gasteiger partial charge in [-0.1, -0.05) is 0 Å². The van der Waals surface area contributed by atoms with Crippen LogP contribution in [0, 0.1) is 12.0 Å². The molecule has 0 aromatic heterocycles. The molecular formula is C6H13ClSiSn. The Kier molecular flexibility index (Phi) is 3.13. The molecule has 0 nitrogen and oxygen atoms in total. The van der Waals surface area contributed by atoms with Crippen LogP contribution in [0.3, 0.4) is 0 Å². The second-order valence-corrected chi connectivity index (χ2v) is 42.7. The van der Waals surface area contributed by atoms with Gasteiger partial charge in [-0.3, -0.25) is 0 Å². The van der Waals surface area contributed by atoms with Crippen molar-refractivity contribution in [3.63, 3.8) is 0 Å². The molecule has 0 bridgehead atoms. The molecule has 0 aliphatic heterocycles. The molecule has 0 N–H and O–H groups in total. The van der Waals surface area contributed by atoms with E-state index in [-0.39, 0.29) is 0 Å². The zero-order valence-electron chi connectivity index (χ0n) is 6.46. The van der Waals surface area contributed by atoms with Gasteiger partial charge in [-0.2, -0.15) is 0 Å². The van der Waals surface area contributed by atoms with Crippen LogP contribution in [0.15, 0.2) is 0 Å². The molecule has 0 radical (unpaired) electrons. The van der Waals surface area contributed by atoms with Gasteiger partial charge in [-0.15, -0.1) is 0 Å². The second-order valence-electron chi connectivity index (χ2n) is 3.24. The van der Waals surface area contributed by atoms with E-state index in [1.54, 1.807) is 0 Å². The Labute approximate surface area is 65.7 Å². The summed E-state index contributed by atoms with van der Waals surface area (Å²) in [6, 6.07) is 0. The van der Waals surface area contributed by atoms with Crippen LogP contribution in [0.25, 0.3) is 0 Å². The Hall–Kier alpha value is 0.866. The molecule has 0 rings (SSSR count). The fourth-order valence-corrected chi connectivity index (χ4v) is 4.55. The van der Waals surface area contributed by atoms with Crippen molar-refractivity contribution in [2.24, 2.45) is 0 Å². The summed E-state index contributed by atoms with van der Waals surface area (Å²) in [6.45, 7) is 4.38. The average Bonchev–Trinajstić information content (AvgIpc) is 1.64. The molecule has 9 heavy (non-hydrogen) atoms. The third-order valence-corrected chi connectivity index (χ3v) is 41.7. The van der Waals surface area contributed by atoms with Gasteiger partial charge in [0.1, 0.15) is 0 Å². The maximum atomic E-state index is 6.25. The third-order valence-electron chi connectivity index (χ3n) is 1.85. The molecule has 0 aromatic carbocycles. The predicted octanol–water partition coefficient (Wildman–Crippen LogP) is 2.39. The van der Waals surface area contributed by atoms with E-state index in [0.29, 0.717) is 0 Å². The Morgan fingerprint density at radius 2 is 1.78 bits per heavy atom. The summed E-state index contributed by atoms with van der Waals surface area (Å²) in [7, 11) is 6.25. The topological polar surface area (TPSA) is 0 Å². The summed E-state index contributed by atoms with van der Waals surface area (Å²) in [6.07, 6.45) is 5.37. The molecule has 0 saturated heterocycles. The molecule has 3 heteroatoms. The predicted molar refractivity (Wildman–Crippen MR) is 49.7 cm³/mol. The minimum absolute atomic E-state index is 1.38. The van der Waals surface area contributed by atoms with Crippen LogP contribution in [0.2, 0.25) is 23.0 Å². The van der Waals surface area contributed by atoms with Crippen LogP contribution in [0.1, 0.15) is 0 Å². The Bertz CT molecular complexity index is 140. The molecular weight excluding hydrogens is 254 g/mol. The summed E-state index contributed by atoms with van der Waals surface area (Å²) in [5, 5.41) is 0. The first-order chi connectivity index (χ1) is 3.81. The van der Waals surface area contributed by atoms with E-state index in [2.05, 4.69) is 28.5 Å². The van der Waals surface area contributed by atoms with Crippen LogP contribution in [0.5, 0.6) is 0 Å². The van der Waals surface area contributed by atoms with Crippen LogP contribution < -0.4 is 0 Å². The molecule has 0 aliphatic carbocycles. The minimum atomic E-state index is -2.19. The number of halogens is 1. The van der Waals surface area contributed by atoms with Crippen molar-refractivity contribution in [1.82, 2.24) is 0 Å². The zero-order chi connectivity index (χ0) is 7.71. The van der Waals surface area contributed by atoms with E-state index < -0.39 is 22.0 Å². The Morgan fingerprint density at radius 1 is 1.44 bits per heavy atom. The first kappa shape index (κ1) is 9.87. The molecule has 0 atom stereocenters. The van der Waals surface area contributed by atoms with Crippen molar-refractivity contribution in [3.8, 4) is 12.0 Å². The molecule has 52 valence electrons. The summed E-state index contributed by atoms with van der Waals surface area (Å²) >= 11 is -2.19. The van der Waals surface area contributed by atoms with Crippen LogP contribution >= 0.6 is 8.92 Å². The normalized spacial score (nSPS) is 12.9. The van der Waals surface area contributed by atoms with Gasteiger partial charge in [0, 0.05) is 0 Å². The van der Waals surface area contributed by atoms with Crippen molar-refractivity contribution in [2.75, 3.05) is 0 Å². The fourth-order valence-electron chi connectivity index (χ4n) is 0.172. The first-order valence-corrected chi connectivity index (χ1v) is 19.6. The standard InChI is InChI=1S/C4H7Si.2CH3.ClH.Sn/c1-4-5(2)3;;;;/h1H,2-3H3;2*1H3;1H;/q;;;;+1/p-1. The summed E-state index contributed by atoms with van der Waals surface area (Å²) in [4.78, 5) is 4.39. The maximum absolute atomic E-state index is 6.25. The van der Waals surface area contributed by atoms with E-state index in [4.69, 9.17) is 15.3 Å². The van der Waals surface area contributed by atoms with Gasteiger partial charge in [-0.25, -0.2) is 0 Å². The SMILES string of the molecule is C#C[Si](C)(C)[Sn]([CH3])([CH3])[Cl]. The van der Waals surface area contributed by atoms with E-state index in [0.717, 1.165) is 0 Å². The molecule has 0 saturated carbocycles. The van der Waals surface area contributed by atoms with Gasteiger partial charge in [0.05, 0.1) is 0 Å². The van der Waals surface area contributed by atoms with E-state index in [1.807, 2.05) is 0 Å². The first-order valence-electron chi connectivity index (χ1n) is 2.98. The van der Waals surface area contributed by atoms with Crippen molar-refractivity contribution in [3.05, 3.63) is 0 Å². The molecule has 0 spiro atoms. The average molecular weight is 267 g/mol. The monoisotopic (exact) mass is 268 g/mol. The van der Waals surface area contributed by atoms with Crippen LogP contribution in [0.4, 0.5) is 0 Å². The fraction of sp³-hybridized carbons (Fsp3) is 0.667. The van der Waals surface area contributed by atoms with E-state index >= 15 is 0 Å². The number of hydrogen-bond acceptors (Lipinski definition) is 0. The second kappa shape index (κ2) is 2.85. The number of rotatable bonds is 1. The summed E-state index contributed by atoms with van der Waals surface area (Å²) in [5.41, 5.74) is 1.51. The van der Waals surface area contributed by atoms with E-state index in [1.165, 1.54) is 0 Å². The van der Waals surface area contributed by atoms with Gasteiger partial charge in [0.25, 0.3) is 0 Å². The number of terminal acetylenes is 1. The Morgan fingerprint density at radius 3 is 1.78 bits per heavy atom. The van der Waals surface area contributed by atoms with Crippen molar-refractivity contribution in [2.45, 2.75) is 23.0 Å². The van der Waals surface area contributed by atoms with Gasteiger partial charge in [-0.05, 0) is 0 Å². The Balaban J connectivity index is 4.39. The number of hydrogen-bond donors (Lipinski definition) is 0. The van der Waals surface area contributed by atoms with Gasteiger partial charge in [0.15, 0.2) is 0 Å². The van der Waals surface area contributed by atoms with Crippen LogP contribution in [-0.2, 0) is 0 Å². The molecule has 0 unspecified atom stereocenters. The quantitative estimate of drug-likeness (QED) is 0.505. The van der Waals surface area contributed by atoms with Crippen molar-refractivity contribution >= 4 is 31.0 Å². The summed E-state index contributed by atoms with van der Waals surface area (Å²) in [5.74, 6) is 0. The third kappa shape index (κ3) is 2.52. The molecule has 0 heterocycles. The zero-order valence-corrected chi connectivity index (χ0v) is 11.1. The molecule has 0 aliphatic rings. The van der Waals surface area contributed by atoms with Gasteiger partial charge >= 0.3 is 65.9 Å². The summed E-state index contributed by atoms with van der Waals surface area (Å²) < 4.78 is 0. The van der Waals surface area contributed by atoms with Crippen molar-refractivity contribution < 1.29 is 0 Å². The van der Waals surface area contributed by atoms with Gasteiger partial charge < -0.3 is 0 Å². The van der Waals surface area contributed by atoms with E-state index in [9.17, 15) is 0 Å². The molecule has 0 amide bonds. The van der Waals surface area contributed by atoms with Gasteiger partial charge in [0.2, 0.25) is 0 Å². The van der Waals surface area contributed by atoms with Crippen molar-refractivity contribution in [1.29, 1.82) is 0 Å². The van der Waals surface area contributed by atoms with Crippen LogP contribution in [-0.4, -0.2) is 22.0 Å². The molecule has 0 fully saturated rings.